The molecule has 3 aromatic rings. The fraction of sp³-hybridized carbons (Fsp3) is 0.0833. The van der Waals surface area contributed by atoms with Crippen LogP contribution in [0.25, 0.3) is 17.4 Å². The van der Waals surface area contributed by atoms with Crippen molar-refractivity contribution in [1.82, 2.24) is 10.4 Å². The summed E-state index contributed by atoms with van der Waals surface area (Å²) < 4.78 is 11.0. The maximum absolute atomic E-state index is 12.9. The molecule has 0 bridgehead atoms. The summed E-state index contributed by atoms with van der Waals surface area (Å²) >= 11 is 24.2. The van der Waals surface area contributed by atoms with E-state index in [0.717, 1.165) is 16.8 Å². The number of hydrogen-bond acceptors (Lipinski definition) is 7. The summed E-state index contributed by atoms with van der Waals surface area (Å²) in [6.45, 7) is 1.92. The highest BCUT2D eigenvalue weighted by molar-refractivity contribution is 8.26. The van der Waals surface area contributed by atoms with Gasteiger partial charge in [0.25, 0.3) is 5.91 Å². The lowest BCUT2D eigenvalue weighted by Crippen LogP contribution is -2.46. The zero-order valence-corrected chi connectivity index (χ0v) is 22.7. The standard InChI is InChI=1S/C24H16Cl3N3O5S2/c1-2-34-22(32)15-9-12(3-6-16(15)25)19-8-5-14(35-19)11-20-21(31)30(24(36)37-20)29-23(33)28-13-4-7-17(26)18(27)10-13/h3-11H,2H2,1H3,(H2,28,29,33)/b20-11+. The molecular formula is C24H16Cl3N3O5S2. The molecule has 4 rings (SSSR count). The fourth-order valence-corrected chi connectivity index (χ4v) is 4.81. The molecule has 13 heteroatoms. The predicted octanol–water partition coefficient (Wildman–Crippen LogP) is 7.02. The van der Waals surface area contributed by atoms with Gasteiger partial charge in [-0.05, 0) is 67.7 Å². The topological polar surface area (TPSA) is 101 Å². The van der Waals surface area contributed by atoms with Crippen molar-refractivity contribution in [2.75, 3.05) is 11.9 Å². The van der Waals surface area contributed by atoms with Gasteiger partial charge in [0, 0.05) is 17.3 Å². The predicted molar refractivity (Wildman–Crippen MR) is 149 cm³/mol. The maximum atomic E-state index is 12.9. The number of rotatable bonds is 6. The zero-order chi connectivity index (χ0) is 26.7. The average molecular weight is 597 g/mol. The third kappa shape index (κ3) is 6.28. The fourth-order valence-electron chi connectivity index (χ4n) is 3.16. The first-order valence-corrected chi connectivity index (χ1v) is 12.9. The van der Waals surface area contributed by atoms with Gasteiger partial charge in [-0.25, -0.2) is 15.0 Å². The highest BCUT2D eigenvalue weighted by Crippen LogP contribution is 2.33. The molecule has 0 aliphatic carbocycles. The van der Waals surface area contributed by atoms with E-state index in [1.807, 2.05) is 0 Å². The number of nitrogens with zero attached hydrogens (tertiary/aromatic N) is 1. The van der Waals surface area contributed by atoms with Gasteiger partial charge in [-0.1, -0.05) is 46.6 Å². The highest BCUT2D eigenvalue weighted by atomic mass is 35.5. The maximum Gasteiger partial charge on any atom is 0.339 e. The molecule has 0 unspecified atom stereocenters. The largest absolute Gasteiger partial charge is 0.462 e. The number of urea groups is 1. The van der Waals surface area contributed by atoms with Crippen LogP contribution in [0.1, 0.15) is 23.0 Å². The van der Waals surface area contributed by atoms with Crippen LogP contribution >= 0.6 is 58.8 Å². The number of hydrazine groups is 1. The van der Waals surface area contributed by atoms with E-state index in [0.29, 0.717) is 27.8 Å². The Kier molecular flexibility index (Phi) is 8.46. The molecule has 2 heterocycles. The molecule has 0 spiro atoms. The number of halogens is 3. The van der Waals surface area contributed by atoms with Crippen molar-refractivity contribution in [1.29, 1.82) is 0 Å². The van der Waals surface area contributed by atoms with E-state index < -0.39 is 17.9 Å². The van der Waals surface area contributed by atoms with Gasteiger partial charge in [0.15, 0.2) is 4.32 Å². The highest BCUT2D eigenvalue weighted by Gasteiger charge is 2.34. The summed E-state index contributed by atoms with van der Waals surface area (Å²) in [6.07, 6.45) is 1.50. The second-order valence-corrected chi connectivity index (χ2v) is 10.2. The minimum absolute atomic E-state index is 0.129. The number of nitrogens with one attached hydrogen (secondary N) is 2. The Balaban J connectivity index is 1.46. The van der Waals surface area contributed by atoms with Crippen molar-refractivity contribution in [3.8, 4) is 11.3 Å². The Bertz CT molecular complexity index is 1460. The van der Waals surface area contributed by atoms with E-state index in [4.69, 9.17) is 56.2 Å². The number of benzene rings is 2. The Hall–Kier alpha value is -3.02. The number of esters is 1. The first kappa shape index (κ1) is 27.0. The SMILES string of the molecule is CCOC(=O)c1cc(-c2ccc(/C=C3/SC(=S)N(NC(=O)Nc4ccc(Cl)c(Cl)c4)C3=O)o2)ccc1Cl. The van der Waals surface area contributed by atoms with Crippen molar-refractivity contribution >= 4 is 92.8 Å². The molecule has 8 nitrogen and oxygen atoms in total. The second kappa shape index (κ2) is 11.6. The zero-order valence-electron chi connectivity index (χ0n) is 18.8. The van der Waals surface area contributed by atoms with Crippen LogP contribution in [0.5, 0.6) is 0 Å². The van der Waals surface area contributed by atoms with Crippen LogP contribution in [0.15, 0.2) is 57.9 Å². The van der Waals surface area contributed by atoms with E-state index in [9.17, 15) is 14.4 Å². The normalized spacial score (nSPS) is 14.3. The van der Waals surface area contributed by atoms with Crippen LogP contribution in [0.3, 0.4) is 0 Å². The minimum atomic E-state index is -0.698. The molecular weight excluding hydrogens is 581 g/mol. The number of amides is 3. The molecule has 0 saturated carbocycles. The van der Waals surface area contributed by atoms with Crippen molar-refractivity contribution in [3.05, 3.63) is 79.8 Å². The molecule has 37 heavy (non-hydrogen) atoms. The lowest BCUT2D eigenvalue weighted by atomic mass is 10.1. The molecule has 2 N–H and O–H groups in total. The Labute approximate surface area is 235 Å². The van der Waals surface area contributed by atoms with Crippen molar-refractivity contribution in [2.24, 2.45) is 0 Å². The number of carbonyl (C=O) groups is 3. The lowest BCUT2D eigenvalue weighted by molar-refractivity contribution is -0.123. The number of carbonyl (C=O) groups excluding carboxylic acids is 3. The van der Waals surface area contributed by atoms with E-state index in [2.05, 4.69) is 10.7 Å². The van der Waals surface area contributed by atoms with Crippen LogP contribution in [-0.2, 0) is 9.53 Å². The third-order valence-electron chi connectivity index (χ3n) is 4.83. The Morgan fingerprint density at radius 1 is 1.08 bits per heavy atom. The van der Waals surface area contributed by atoms with Crippen LogP contribution in [0, 0.1) is 0 Å². The quantitative estimate of drug-likeness (QED) is 0.179. The van der Waals surface area contributed by atoms with E-state index in [1.54, 1.807) is 43.3 Å². The number of hydrogen-bond donors (Lipinski definition) is 2. The minimum Gasteiger partial charge on any atom is -0.462 e. The summed E-state index contributed by atoms with van der Waals surface area (Å²) in [5, 5.41) is 4.37. The van der Waals surface area contributed by atoms with Gasteiger partial charge in [-0.3, -0.25) is 4.79 Å². The summed E-state index contributed by atoms with van der Waals surface area (Å²) in [5.74, 6) is -0.264. The summed E-state index contributed by atoms with van der Waals surface area (Å²) in [5.41, 5.74) is 3.60. The van der Waals surface area contributed by atoms with Crippen LogP contribution in [-0.4, -0.2) is 33.8 Å². The molecule has 3 amide bonds. The van der Waals surface area contributed by atoms with Gasteiger partial charge in [-0.15, -0.1) is 0 Å². The summed E-state index contributed by atoms with van der Waals surface area (Å²) in [4.78, 5) is 37.6. The summed E-state index contributed by atoms with van der Waals surface area (Å²) in [6, 6.07) is 12.0. The molecule has 190 valence electrons. The number of ether oxygens (including phenoxy) is 1. The van der Waals surface area contributed by atoms with Gasteiger partial charge in [0.1, 0.15) is 11.5 Å². The first-order chi connectivity index (χ1) is 17.7. The van der Waals surface area contributed by atoms with Crippen LogP contribution in [0.4, 0.5) is 10.5 Å². The molecule has 1 saturated heterocycles. The molecule has 1 aromatic heterocycles. The van der Waals surface area contributed by atoms with E-state index in [1.165, 1.54) is 18.2 Å². The molecule has 0 radical (unpaired) electrons. The smallest absolute Gasteiger partial charge is 0.339 e. The van der Waals surface area contributed by atoms with Gasteiger partial charge < -0.3 is 14.5 Å². The van der Waals surface area contributed by atoms with Gasteiger partial charge in [0.05, 0.1) is 32.1 Å². The average Bonchev–Trinajstić information content (AvgIpc) is 3.42. The Morgan fingerprint density at radius 2 is 1.84 bits per heavy atom. The van der Waals surface area contributed by atoms with Crippen LogP contribution < -0.4 is 10.7 Å². The molecule has 0 atom stereocenters. The number of thioether (sulfide) groups is 1. The van der Waals surface area contributed by atoms with E-state index in [-0.39, 0.29) is 31.4 Å². The number of furan rings is 1. The lowest BCUT2D eigenvalue weighted by Gasteiger charge is -2.16. The van der Waals surface area contributed by atoms with E-state index >= 15 is 0 Å². The number of anilines is 1. The van der Waals surface area contributed by atoms with Gasteiger partial charge in [-0.2, -0.15) is 5.01 Å². The number of thiocarbonyl (C=S) groups is 1. The second-order valence-electron chi connectivity index (χ2n) is 7.33. The Morgan fingerprint density at radius 3 is 2.57 bits per heavy atom. The molecule has 2 aromatic carbocycles. The van der Waals surface area contributed by atoms with Gasteiger partial charge >= 0.3 is 12.0 Å². The third-order valence-corrected chi connectivity index (χ3v) is 7.20. The van der Waals surface area contributed by atoms with Gasteiger partial charge in [0.2, 0.25) is 0 Å². The van der Waals surface area contributed by atoms with Crippen molar-refractivity contribution in [2.45, 2.75) is 6.92 Å². The monoisotopic (exact) mass is 595 g/mol. The van der Waals surface area contributed by atoms with Crippen LogP contribution in [0.2, 0.25) is 15.1 Å². The molecule has 1 aliphatic heterocycles. The first-order valence-electron chi connectivity index (χ1n) is 10.5. The van der Waals surface area contributed by atoms with Crippen molar-refractivity contribution < 1.29 is 23.5 Å². The summed E-state index contributed by atoms with van der Waals surface area (Å²) in [7, 11) is 0. The van der Waals surface area contributed by atoms with Crippen molar-refractivity contribution in [3.63, 3.8) is 0 Å². The molecule has 1 aliphatic rings. The molecule has 1 fully saturated rings.